The van der Waals surface area contributed by atoms with Crippen molar-refractivity contribution in [2.75, 3.05) is 19.8 Å². The third-order valence-electron chi connectivity index (χ3n) is 2.90. The molecule has 5 nitrogen and oxygen atoms in total. The van der Waals surface area contributed by atoms with Gasteiger partial charge in [-0.15, -0.1) is 0 Å². The van der Waals surface area contributed by atoms with Crippen LogP contribution in [0.4, 0.5) is 8.78 Å². The van der Waals surface area contributed by atoms with Crippen LogP contribution in [0.3, 0.4) is 0 Å². The number of hydrogen-bond donors (Lipinski definition) is 1. The Morgan fingerprint density at radius 3 is 2.86 bits per heavy atom. The highest BCUT2D eigenvalue weighted by atomic mass is 19.2. The Hall–Kier alpha value is -2.28. The van der Waals surface area contributed by atoms with Crippen molar-refractivity contribution in [3.8, 4) is 11.3 Å². The van der Waals surface area contributed by atoms with Crippen molar-refractivity contribution in [1.82, 2.24) is 10.5 Å². The fourth-order valence-electron chi connectivity index (χ4n) is 1.78. The lowest BCUT2D eigenvalue weighted by molar-refractivity contribution is 0.0935. The van der Waals surface area contributed by atoms with Crippen LogP contribution in [0.15, 0.2) is 28.8 Å². The van der Waals surface area contributed by atoms with Gasteiger partial charge in [0.15, 0.2) is 23.1 Å². The molecule has 0 aliphatic heterocycles. The SMILES string of the molecule is CCOCCCNC(=O)c1cc(-c2ccc(F)c(F)c2)on1. The molecule has 0 radical (unpaired) electrons. The Morgan fingerprint density at radius 2 is 2.14 bits per heavy atom. The van der Waals surface area contributed by atoms with Gasteiger partial charge in [0.2, 0.25) is 0 Å². The Balaban J connectivity index is 1.95. The molecule has 0 saturated carbocycles. The summed E-state index contributed by atoms with van der Waals surface area (Å²) < 4.78 is 36.2. The molecule has 1 amide bonds. The molecule has 0 spiro atoms. The smallest absolute Gasteiger partial charge is 0.273 e. The Bertz CT molecular complexity index is 643. The summed E-state index contributed by atoms with van der Waals surface area (Å²) in [5.41, 5.74) is 0.387. The topological polar surface area (TPSA) is 64.4 Å². The van der Waals surface area contributed by atoms with Gasteiger partial charge in [-0.1, -0.05) is 5.16 Å². The molecule has 0 fully saturated rings. The van der Waals surface area contributed by atoms with Crippen LogP contribution in [0.5, 0.6) is 0 Å². The number of ether oxygens (including phenoxy) is 1. The van der Waals surface area contributed by atoms with Crippen LogP contribution >= 0.6 is 0 Å². The van der Waals surface area contributed by atoms with Crippen molar-refractivity contribution in [3.63, 3.8) is 0 Å². The average Bonchev–Trinajstić information content (AvgIpc) is 2.99. The van der Waals surface area contributed by atoms with Gasteiger partial charge in [0.05, 0.1) is 0 Å². The second-order valence-corrected chi connectivity index (χ2v) is 4.51. The van der Waals surface area contributed by atoms with E-state index in [1.165, 1.54) is 12.1 Å². The molecule has 0 unspecified atom stereocenters. The number of hydrogen-bond acceptors (Lipinski definition) is 4. The highest BCUT2D eigenvalue weighted by Gasteiger charge is 2.14. The van der Waals surface area contributed by atoms with E-state index in [1.807, 2.05) is 6.92 Å². The highest BCUT2D eigenvalue weighted by molar-refractivity contribution is 5.93. The minimum absolute atomic E-state index is 0.0798. The molecule has 22 heavy (non-hydrogen) atoms. The third-order valence-corrected chi connectivity index (χ3v) is 2.90. The Kier molecular flexibility index (Phi) is 5.60. The molecule has 2 aromatic rings. The van der Waals surface area contributed by atoms with Gasteiger partial charge in [-0.05, 0) is 31.5 Å². The fraction of sp³-hybridized carbons (Fsp3) is 0.333. The summed E-state index contributed by atoms with van der Waals surface area (Å²) in [7, 11) is 0. The van der Waals surface area contributed by atoms with E-state index in [2.05, 4.69) is 10.5 Å². The zero-order valence-electron chi connectivity index (χ0n) is 12.1. The summed E-state index contributed by atoms with van der Waals surface area (Å²) in [5, 5.41) is 6.29. The molecular weight excluding hydrogens is 294 g/mol. The number of carbonyl (C=O) groups is 1. The molecule has 0 bridgehead atoms. The lowest BCUT2D eigenvalue weighted by Crippen LogP contribution is -2.25. The van der Waals surface area contributed by atoms with Gasteiger partial charge in [0.1, 0.15) is 0 Å². The van der Waals surface area contributed by atoms with E-state index < -0.39 is 17.5 Å². The molecule has 0 saturated heterocycles. The number of halogens is 2. The first-order valence-electron chi connectivity index (χ1n) is 6.90. The van der Waals surface area contributed by atoms with Crippen molar-refractivity contribution < 1.29 is 22.8 Å². The Labute approximate surface area is 126 Å². The van der Waals surface area contributed by atoms with E-state index in [0.717, 1.165) is 12.1 Å². The maximum Gasteiger partial charge on any atom is 0.273 e. The normalized spacial score (nSPS) is 10.7. The van der Waals surface area contributed by atoms with E-state index in [-0.39, 0.29) is 11.5 Å². The summed E-state index contributed by atoms with van der Waals surface area (Å²) in [5.74, 6) is -2.14. The van der Waals surface area contributed by atoms with Gasteiger partial charge in [-0.2, -0.15) is 0 Å². The average molecular weight is 310 g/mol. The number of carbonyl (C=O) groups excluding carboxylic acids is 1. The number of rotatable bonds is 7. The van der Waals surface area contributed by atoms with Gasteiger partial charge < -0.3 is 14.6 Å². The summed E-state index contributed by atoms with van der Waals surface area (Å²) in [6.45, 7) is 3.55. The zero-order chi connectivity index (χ0) is 15.9. The first-order chi connectivity index (χ1) is 10.6. The maximum atomic E-state index is 13.2. The monoisotopic (exact) mass is 310 g/mol. The number of benzene rings is 1. The first-order valence-corrected chi connectivity index (χ1v) is 6.90. The summed E-state index contributed by atoms with van der Waals surface area (Å²) in [6.07, 6.45) is 0.688. The first kappa shape index (κ1) is 16.1. The van der Waals surface area contributed by atoms with E-state index in [0.29, 0.717) is 31.7 Å². The molecular formula is C15H16F2N2O3. The molecule has 118 valence electrons. The van der Waals surface area contributed by atoms with Crippen LogP contribution in [0, 0.1) is 11.6 Å². The molecule has 1 aromatic heterocycles. The minimum Gasteiger partial charge on any atom is -0.382 e. The standard InChI is InChI=1S/C15H16F2N2O3/c1-2-21-7-3-6-18-15(20)13-9-14(22-19-13)10-4-5-11(16)12(17)8-10/h4-5,8-9H,2-3,6-7H2,1H3,(H,18,20). The van der Waals surface area contributed by atoms with Crippen LogP contribution in [-0.2, 0) is 4.74 Å². The highest BCUT2D eigenvalue weighted by Crippen LogP contribution is 2.22. The predicted octanol–water partition coefficient (Wildman–Crippen LogP) is 2.78. The van der Waals surface area contributed by atoms with Crippen LogP contribution < -0.4 is 5.32 Å². The van der Waals surface area contributed by atoms with Gasteiger partial charge in [-0.25, -0.2) is 8.78 Å². The lowest BCUT2D eigenvalue weighted by Gasteiger charge is -2.02. The summed E-state index contributed by atoms with van der Waals surface area (Å²) >= 11 is 0. The van der Waals surface area contributed by atoms with E-state index in [9.17, 15) is 13.6 Å². The third kappa shape index (κ3) is 4.11. The van der Waals surface area contributed by atoms with E-state index in [1.54, 1.807) is 0 Å². The van der Waals surface area contributed by atoms with Crippen molar-refractivity contribution in [1.29, 1.82) is 0 Å². The molecule has 7 heteroatoms. The molecule has 0 aliphatic carbocycles. The molecule has 0 atom stereocenters. The lowest BCUT2D eigenvalue weighted by atomic mass is 10.1. The van der Waals surface area contributed by atoms with Crippen LogP contribution in [-0.4, -0.2) is 30.8 Å². The van der Waals surface area contributed by atoms with Gasteiger partial charge in [-0.3, -0.25) is 4.79 Å². The van der Waals surface area contributed by atoms with Crippen LogP contribution in [0.2, 0.25) is 0 Å². The van der Waals surface area contributed by atoms with Crippen molar-refractivity contribution >= 4 is 5.91 Å². The summed E-state index contributed by atoms with van der Waals surface area (Å²) in [6, 6.07) is 4.70. The van der Waals surface area contributed by atoms with Crippen LogP contribution in [0.1, 0.15) is 23.8 Å². The minimum atomic E-state index is -0.990. The fourth-order valence-corrected chi connectivity index (χ4v) is 1.78. The zero-order valence-corrected chi connectivity index (χ0v) is 12.1. The van der Waals surface area contributed by atoms with E-state index >= 15 is 0 Å². The summed E-state index contributed by atoms with van der Waals surface area (Å²) in [4.78, 5) is 11.8. The number of nitrogens with zero attached hydrogens (tertiary/aromatic N) is 1. The second-order valence-electron chi connectivity index (χ2n) is 4.51. The predicted molar refractivity (Wildman–Crippen MR) is 75.3 cm³/mol. The maximum absolute atomic E-state index is 13.2. The Morgan fingerprint density at radius 1 is 1.32 bits per heavy atom. The number of aromatic nitrogens is 1. The van der Waals surface area contributed by atoms with Crippen LogP contribution in [0.25, 0.3) is 11.3 Å². The second kappa shape index (κ2) is 7.65. The quantitative estimate of drug-likeness (QED) is 0.799. The van der Waals surface area contributed by atoms with Crippen molar-refractivity contribution in [3.05, 3.63) is 41.6 Å². The van der Waals surface area contributed by atoms with Crippen molar-refractivity contribution in [2.45, 2.75) is 13.3 Å². The van der Waals surface area contributed by atoms with E-state index in [4.69, 9.17) is 9.26 Å². The molecule has 1 N–H and O–H groups in total. The molecule has 2 rings (SSSR count). The van der Waals surface area contributed by atoms with Gasteiger partial charge in [0.25, 0.3) is 5.91 Å². The van der Waals surface area contributed by atoms with Gasteiger partial charge in [0, 0.05) is 31.4 Å². The largest absolute Gasteiger partial charge is 0.382 e. The molecule has 1 aromatic carbocycles. The van der Waals surface area contributed by atoms with Gasteiger partial charge >= 0.3 is 0 Å². The number of amides is 1. The van der Waals surface area contributed by atoms with Crippen molar-refractivity contribution in [2.24, 2.45) is 0 Å². The number of nitrogens with one attached hydrogen (secondary N) is 1. The molecule has 0 aliphatic rings. The molecule has 1 heterocycles.